The van der Waals surface area contributed by atoms with E-state index in [-0.39, 0.29) is 12.0 Å². The van der Waals surface area contributed by atoms with Gasteiger partial charge < -0.3 is 9.64 Å². The summed E-state index contributed by atoms with van der Waals surface area (Å²) in [6, 6.07) is 19.8. The summed E-state index contributed by atoms with van der Waals surface area (Å²) in [6.07, 6.45) is 1.52. The number of carbonyl (C=O) groups is 1. The SMILES string of the molecule is O=C(c1cn[nH]c1-c1ccccc1)N1CCO[C@H](c2ccccc2)C1. The van der Waals surface area contributed by atoms with Crippen molar-refractivity contribution in [3.63, 3.8) is 0 Å². The molecule has 0 bridgehead atoms. The molecule has 1 amide bonds. The number of ether oxygens (including phenoxy) is 1. The van der Waals surface area contributed by atoms with Gasteiger partial charge in [-0.25, -0.2) is 0 Å². The summed E-state index contributed by atoms with van der Waals surface area (Å²) in [5.41, 5.74) is 3.40. The number of hydrogen-bond acceptors (Lipinski definition) is 3. The number of nitrogens with zero attached hydrogens (tertiary/aromatic N) is 2. The highest BCUT2D eigenvalue weighted by Gasteiger charge is 2.28. The molecule has 1 aliphatic rings. The molecular weight excluding hydrogens is 314 g/mol. The van der Waals surface area contributed by atoms with E-state index in [4.69, 9.17) is 4.74 Å². The maximum atomic E-state index is 13.0. The van der Waals surface area contributed by atoms with Gasteiger partial charge in [0, 0.05) is 12.1 Å². The Kier molecular flexibility index (Phi) is 4.31. The van der Waals surface area contributed by atoms with Crippen LogP contribution < -0.4 is 0 Å². The van der Waals surface area contributed by atoms with Crippen molar-refractivity contribution in [1.82, 2.24) is 15.1 Å². The van der Waals surface area contributed by atoms with E-state index in [9.17, 15) is 4.79 Å². The zero-order valence-electron chi connectivity index (χ0n) is 13.8. The fourth-order valence-corrected chi connectivity index (χ4v) is 3.15. The highest BCUT2D eigenvalue weighted by Crippen LogP contribution is 2.26. The quantitative estimate of drug-likeness (QED) is 0.800. The van der Waals surface area contributed by atoms with Crippen molar-refractivity contribution in [1.29, 1.82) is 0 Å². The van der Waals surface area contributed by atoms with E-state index in [0.717, 1.165) is 16.8 Å². The minimum Gasteiger partial charge on any atom is -0.370 e. The molecule has 3 aromatic rings. The summed E-state index contributed by atoms with van der Waals surface area (Å²) in [5.74, 6) is -0.0168. The van der Waals surface area contributed by atoms with Gasteiger partial charge in [-0.3, -0.25) is 9.89 Å². The Morgan fingerprint density at radius 1 is 1.08 bits per heavy atom. The van der Waals surface area contributed by atoms with Gasteiger partial charge in [-0.1, -0.05) is 60.7 Å². The van der Waals surface area contributed by atoms with Crippen LogP contribution in [-0.4, -0.2) is 40.7 Å². The molecule has 1 saturated heterocycles. The lowest BCUT2D eigenvalue weighted by Gasteiger charge is -2.33. The van der Waals surface area contributed by atoms with Crippen LogP contribution in [0.25, 0.3) is 11.3 Å². The van der Waals surface area contributed by atoms with E-state index in [0.29, 0.717) is 25.3 Å². The van der Waals surface area contributed by atoms with Gasteiger partial charge in [0.2, 0.25) is 0 Å². The molecule has 0 unspecified atom stereocenters. The van der Waals surface area contributed by atoms with E-state index in [2.05, 4.69) is 10.2 Å². The van der Waals surface area contributed by atoms with Crippen LogP contribution in [0.3, 0.4) is 0 Å². The Labute approximate surface area is 146 Å². The third-order valence-electron chi connectivity index (χ3n) is 4.46. The molecule has 0 saturated carbocycles. The molecule has 1 aromatic heterocycles. The van der Waals surface area contributed by atoms with Crippen molar-refractivity contribution in [3.8, 4) is 11.3 Å². The number of aromatic amines is 1. The van der Waals surface area contributed by atoms with E-state index < -0.39 is 0 Å². The molecule has 2 heterocycles. The minimum atomic E-state index is -0.0917. The van der Waals surface area contributed by atoms with Crippen molar-refractivity contribution in [2.75, 3.05) is 19.7 Å². The molecule has 2 aromatic carbocycles. The van der Waals surface area contributed by atoms with Crippen LogP contribution in [0.5, 0.6) is 0 Å². The molecule has 0 radical (unpaired) electrons. The van der Waals surface area contributed by atoms with Crippen molar-refractivity contribution in [3.05, 3.63) is 78.0 Å². The number of benzene rings is 2. The molecule has 1 N–H and O–H groups in total. The van der Waals surface area contributed by atoms with Crippen molar-refractivity contribution < 1.29 is 9.53 Å². The number of nitrogens with one attached hydrogen (secondary N) is 1. The first-order chi connectivity index (χ1) is 12.3. The average Bonchev–Trinajstić information content (AvgIpc) is 3.19. The van der Waals surface area contributed by atoms with Gasteiger partial charge in [-0.05, 0) is 5.56 Å². The van der Waals surface area contributed by atoms with Gasteiger partial charge in [-0.2, -0.15) is 5.10 Å². The van der Waals surface area contributed by atoms with Crippen molar-refractivity contribution in [2.45, 2.75) is 6.10 Å². The first-order valence-electron chi connectivity index (χ1n) is 8.37. The summed E-state index contributed by atoms with van der Waals surface area (Å²) in [5, 5.41) is 7.04. The monoisotopic (exact) mass is 333 g/mol. The van der Waals surface area contributed by atoms with Crippen molar-refractivity contribution >= 4 is 5.91 Å². The Morgan fingerprint density at radius 2 is 1.80 bits per heavy atom. The van der Waals surface area contributed by atoms with Crippen LogP contribution in [0.4, 0.5) is 0 Å². The number of carbonyl (C=O) groups excluding carboxylic acids is 1. The van der Waals surface area contributed by atoms with Gasteiger partial charge in [-0.15, -0.1) is 0 Å². The number of morpholine rings is 1. The van der Waals surface area contributed by atoms with Crippen LogP contribution in [-0.2, 0) is 4.74 Å². The number of aromatic nitrogens is 2. The maximum Gasteiger partial charge on any atom is 0.257 e. The lowest BCUT2D eigenvalue weighted by atomic mass is 10.1. The summed E-state index contributed by atoms with van der Waals surface area (Å²) in [7, 11) is 0. The number of H-pyrrole nitrogens is 1. The van der Waals surface area contributed by atoms with Gasteiger partial charge in [0.1, 0.15) is 6.10 Å². The fourth-order valence-electron chi connectivity index (χ4n) is 3.15. The molecule has 126 valence electrons. The lowest BCUT2D eigenvalue weighted by molar-refractivity contribution is -0.0227. The molecule has 5 nitrogen and oxygen atoms in total. The second-order valence-corrected chi connectivity index (χ2v) is 6.05. The Hall–Kier alpha value is -2.92. The predicted octanol–water partition coefficient (Wildman–Crippen LogP) is 3.29. The topological polar surface area (TPSA) is 58.2 Å². The van der Waals surface area contributed by atoms with Crippen LogP contribution in [0.15, 0.2) is 66.9 Å². The second-order valence-electron chi connectivity index (χ2n) is 6.05. The molecule has 5 heteroatoms. The van der Waals surface area contributed by atoms with Gasteiger partial charge >= 0.3 is 0 Å². The Bertz CT molecular complexity index is 846. The zero-order valence-corrected chi connectivity index (χ0v) is 13.8. The van der Waals surface area contributed by atoms with E-state index >= 15 is 0 Å². The van der Waals surface area contributed by atoms with Gasteiger partial charge in [0.05, 0.1) is 30.6 Å². The summed E-state index contributed by atoms with van der Waals surface area (Å²) in [6.45, 7) is 1.66. The summed E-state index contributed by atoms with van der Waals surface area (Å²) >= 11 is 0. The average molecular weight is 333 g/mol. The molecule has 1 atom stereocenters. The number of rotatable bonds is 3. The van der Waals surface area contributed by atoms with Crippen LogP contribution in [0.2, 0.25) is 0 Å². The molecule has 4 rings (SSSR count). The van der Waals surface area contributed by atoms with Crippen molar-refractivity contribution in [2.24, 2.45) is 0 Å². The third-order valence-corrected chi connectivity index (χ3v) is 4.46. The number of amides is 1. The van der Waals surface area contributed by atoms with Crippen LogP contribution >= 0.6 is 0 Å². The molecule has 1 fully saturated rings. The molecule has 25 heavy (non-hydrogen) atoms. The van der Waals surface area contributed by atoms with Crippen LogP contribution in [0.1, 0.15) is 22.0 Å². The third kappa shape index (κ3) is 3.19. The first-order valence-corrected chi connectivity index (χ1v) is 8.37. The van der Waals surface area contributed by atoms with Gasteiger partial charge in [0.15, 0.2) is 0 Å². The lowest BCUT2D eigenvalue weighted by Crippen LogP contribution is -2.42. The number of hydrogen-bond donors (Lipinski definition) is 1. The van der Waals surface area contributed by atoms with E-state index in [1.807, 2.05) is 65.6 Å². The second kappa shape index (κ2) is 6.91. The zero-order chi connectivity index (χ0) is 17.1. The Balaban J connectivity index is 1.57. The summed E-state index contributed by atoms with van der Waals surface area (Å²) in [4.78, 5) is 14.9. The molecule has 0 aliphatic carbocycles. The first kappa shape index (κ1) is 15.6. The Morgan fingerprint density at radius 3 is 2.56 bits per heavy atom. The highest BCUT2D eigenvalue weighted by molar-refractivity contribution is 5.99. The van der Waals surface area contributed by atoms with Gasteiger partial charge in [0.25, 0.3) is 5.91 Å². The van der Waals surface area contributed by atoms with E-state index in [1.165, 1.54) is 0 Å². The highest BCUT2D eigenvalue weighted by atomic mass is 16.5. The molecule has 1 aliphatic heterocycles. The predicted molar refractivity (Wildman–Crippen MR) is 95.1 cm³/mol. The molecule has 0 spiro atoms. The maximum absolute atomic E-state index is 13.0. The van der Waals surface area contributed by atoms with E-state index in [1.54, 1.807) is 6.20 Å². The van der Waals surface area contributed by atoms with Crippen LogP contribution in [0, 0.1) is 0 Å². The molecular formula is C20H19N3O2. The standard InChI is InChI=1S/C20H19N3O2/c24-20(17-13-21-22-19(17)16-9-5-2-6-10-16)23-11-12-25-18(14-23)15-7-3-1-4-8-15/h1-10,13,18H,11-12,14H2,(H,21,22)/t18-/m0/s1. The summed E-state index contributed by atoms with van der Waals surface area (Å²) < 4.78 is 5.86. The normalized spacial score (nSPS) is 17.4. The minimum absolute atomic E-state index is 0.0168. The fraction of sp³-hybridized carbons (Fsp3) is 0.200. The smallest absolute Gasteiger partial charge is 0.257 e. The largest absolute Gasteiger partial charge is 0.370 e.